The van der Waals surface area contributed by atoms with Crippen LogP contribution in [0.4, 0.5) is 0 Å². The molecule has 0 fully saturated rings. The Morgan fingerprint density at radius 2 is 1.33 bits per heavy atom. The third-order valence-electron chi connectivity index (χ3n) is 0.778. The maximum absolute atomic E-state index is 5.24. The lowest BCUT2D eigenvalue weighted by molar-refractivity contribution is 1.14. The summed E-state index contributed by atoms with van der Waals surface area (Å²) >= 11 is 0. The van der Waals surface area contributed by atoms with Crippen molar-refractivity contribution >= 4 is 13.4 Å². The van der Waals surface area contributed by atoms with E-state index in [0.717, 1.165) is 0 Å². The van der Waals surface area contributed by atoms with Crippen LogP contribution in [0.1, 0.15) is 34.6 Å². The lowest BCUT2D eigenvalue weighted by Crippen LogP contribution is -1.94. The number of rotatable bonds is 2. The SMILES string of the molecule is C=N/C(C)=C(/N)N=C.CC.CC. The summed E-state index contributed by atoms with van der Waals surface area (Å²) in [6, 6.07) is 0. The van der Waals surface area contributed by atoms with Gasteiger partial charge in [-0.2, -0.15) is 0 Å². The zero-order valence-corrected chi connectivity index (χ0v) is 8.89. The Kier molecular flexibility index (Phi) is 23.5. The summed E-state index contributed by atoms with van der Waals surface area (Å²) < 4.78 is 0. The molecule has 2 N–H and O–H groups in total. The zero-order valence-electron chi connectivity index (χ0n) is 8.89. The van der Waals surface area contributed by atoms with Crippen molar-refractivity contribution in [2.45, 2.75) is 34.6 Å². The van der Waals surface area contributed by atoms with E-state index in [0.29, 0.717) is 11.5 Å². The van der Waals surface area contributed by atoms with Gasteiger partial charge in [0.1, 0.15) is 5.82 Å². The molecule has 0 saturated carbocycles. The minimum absolute atomic E-state index is 0.333. The molecule has 0 rings (SSSR count). The van der Waals surface area contributed by atoms with Crippen LogP contribution in [0.15, 0.2) is 21.5 Å². The van der Waals surface area contributed by atoms with Crippen LogP contribution < -0.4 is 5.73 Å². The van der Waals surface area contributed by atoms with Gasteiger partial charge in [-0.15, -0.1) is 0 Å². The predicted molar refractivity (Wildman–Crippen MR) is 58.7 cm³/mol. The van der Waals surface area contributed by atoms with Gasteiger partial charge in [-0.05, 0) is 20.4 Å². The minimum atomic E-state index is 0.333. The Morgan fingerprint density at radius 3 is 1.42 bits per heavy atom. The van der Waals surface area contributed by atoms with E-state index in [9.17, 15) is 0 Å². The van der Waals surface area contributed by atoms with E-state index in [1.165, 1.54) is 0 Å². The first kappa shape index (κ1) is 17.1. The maximum atomic E-state index is 5.24. The molecule has 0 saturated heterocycles. The third-order valence-corrected chi connectivity index (χ3v) is 0.778. The second-order valence-corrected chi connectivity index (χ2v) is 1.29. The first-order valence-corrected chi connectivity index (χ1v) is 4.12. The quantitative estimate of drug-likeness (QED) is 0.638. The fourth-order valence-corrected chi connectivity index (χ4v) is 0.195. The Hall–Kier alpha value is -1.12. The van der Waals surface area contributed by atoms with Crippen LogP contribution in [-0.2, 0) is 0 Å². The molecule has 0 aromatic heterocycles. The number of aliphatic imine (C=N–C) groups is 2. The van der Waals surface area contributed by atoms with E-state index in [2.05, 4.69) is 23.4 Å². The monoisotopic (exact) mass is 171 g/mol. The molecule has 0 unspecified atom stereocenters. The Morgan fingerprint density at radius 1 is 1.00 bits per heavy atom. The summed E-state index contributed by atoms with van der Waals surface area (Å²) in [6.07, 6.45) is 0. The molecule has 0 atom stereocenters. The van der Waals surface area contributed by atoms with E-state index in [1.54, 1.807) is 6.92 Å². The minimum Gasteiger partial charge on any atom is -0.382 e. The van der Waals surface area contributed by atoms with Crippen molar-refractivity contribution in [3.05, 3.63) is 11.5 Å². The van der Waals surface area contributed by atoms with Crippen LogP contribution in [0.2, 0.25) is 0 Å². The molecule has 0 amide bonds. The van der Waals surface area contributed by atoms with Gasteiger partial charge in [0.2, 0.25) is 0 Å². The van der Waals surface area contributed by atoms with E-state index in [1.807, 2.05) is 27.7 Å². The van der Waals surface area contributed by atoms with Gasteiger partial charge < -0.3 is 5.73 Å². The summed E-state index contributed by atoms with van der Waals surface area (Å²) in [5.41, 5.74) is 5.85. The van der Waals surface area contributed by atoms with Gasteiger partial charge in [-0.3, -0.25) is 4.99 Å². The molecule has 0 aromatic rings. The molecule has 3 heteroatoms. The number of nitrogens with two attached hydrogens (primary N) is 1. The molecule has 0 aliphatic heterocycles. The van der Waals surface area contributed by atoms with E-state index >= 15 is 0 Å². The molecule has 0 radical (unpaired) electrons. The smallest absolute Gasteiger partial charge is 0.144 e. The Balaban J connectivity index is -0.000000175. The van der Waals surface area contributed by atoms with Gasteiger partial charge in [0.05, 0.1) is 5.70 Å². The van der Waals surface area contributed by atoms with Gasteiger partial charge in [0, 0.05) is 0 Å². The van der Waals surface area contributed by atoms with Gasteiger partial charge in [-0.25, -0.2) is 4.99 Å². The molecule has 0 bridgehead atoms. The summed E-state index contributed by atoms with van der Waals surface area (Å²) in [5.74, 6) is 0.333. The van der Waals surface area contributed by atoms with Crippen LogP contribution in [0.5, 0.6) is 0 Å². The summed E-state index contributed by atoms with van der Waals surface area (Å²) in [5, 5.41) is 0. The van der Waals surface area contributed by atoms with Crippen LogP contribution in [-0.4, -0.2) is 13.4 Å². The fraction of sp³-hybridized carbons (Fsp3) is 0.556. The van der Waals surface area contributed by atoms with Crippen LogP contribution >= 0.6 is 0 Å². The topological polar surface area (TPSA) is 50.7 Å². The summed E-state index contributed by atoms with van der Waals surface area (Å²) in [7, 11) is 0. The largest absolute Gasteiger partial charge is 0.382 e. The zero-order chi connectivity index (χ0) is 10.6. The average Bonchev–Trinajstić information content (AvgIpc) is 2.21. The second-order valence-electron chi connectivity index (χ2n) is 1.29. The highest BCUT2D eigenvalue weighted by Crippen LogP contribution is 1.96. The molecule has 3 nitrogen and oxygen atoms in total. The van der Waals surface area contributed by atoms with E-state index in [4.69, 9.17) is 5.73 Å². The highest BCUT2D eigenvalue weighted by atomic mass is 14.9. The predicted octanol–water partition coefficient (Wildman–Crippen LogP) is 2.59. The van der Waals surface area contributed by atoms with Crippen LogP contribution in [0, 0.1) is 0 Å². The fourth-order valence-electron chi connectivity index (χ4n) is 0.195. The van der Waals surface area contributed by atoms with Crippen molar-refractivity contribution in [3.63, 3.8) is 0 Å². The van der Waals surface area contributed by atoms with Crippen molar-refractivity contribution < 1.29 is 0 Å². The molecule has 0 heterocycles. The molecule has 0 aromatic carbocycles. The maximum Gasteiger partial charge on any atom is 0.144 e. The number of hydrogen-bond donors (Lipinski definition) is 1. The molecule has 12 heavy (non-hydrogen) atoms. The first-order valence-electron chi connectivity index (χ1n) is 4.12. The number of allylic oxidation sites excluding steroid dienone is 1. The number of nitrogens with zero attached hydrogens (tertiary/aromatic N) is 2. The number of hydrogen-bond acceptors (Lipinski definition) is 3. The molecule has 0 spiro atoms. The lowest BCUT2D eigenvalue weighted by Gasteiger charge is -1.91. The van der Waals surface area contributed by atoms with Gasteiger partial charge in [0.15, 0.2) is 0 Å². The standard InChI is InChI=1S/C5H9N3.2C2H6/c1-4(7-2)5(6)8-3;2*1-2/h2-3,6H2,1H3;2*1-2H3/b5-4-;;. The van der Waals surface area contributed by atoms with Crippen molar-refractivity contribution in [2.75, 3.05) is 0 Å². The molecular weight excluding hydrogens is 150 g/mol. The van der Waals surface area contributed by atoms with Gasteiger partial charge in [-0.1, -0.05) is 27.7 Å². The first-order chi connectivity index (χ1) is 5.72. The highest BCUT2D eigenvalue weighted by Gasteiger charge is 1.86. The van der Waals surface area contributed by atoms with Crippen molar-refractivity contribution in [3.8, 4) is 0 Å². The van der Waals surface area contributed by atoms with E-state index in [-0.39, 0.29) is 0 Å². The highest BCUT2D eigenvalue weighted by molar-refractivity contribution is 5.33. The Labute approximate surface area is 76.1 Å². The summed E-state index contributed by atoms with van der Waals surface area (Å²) in [4.78, 5) is 6.96. The lowest BCUT2D eigenvalue weighted by atomic mass is 10.5. The second kappa shape index (κ2) is 16.5. The van der Waals surface area contributed by atoms with Gasteiger partial charge >= 0.3 is 0 Å². The molecule has 72 valence electrons. The van der Waals surface area contributed by atoms with E-state index < -0.39 is 0 Å². The molecule has 0 aliphatic carbocycles. The summed E-state index contributed by atoms with van der Waals surface area (Å²) in [6.45, 7) is 16.2. The van der Waals surface area contributed by atoms with Gasteiger partial charge in [0.25, 0.3) is 0 Å². The Bertz CT molecular complexity index is 121. The average molecular weight is 171 g/mol. The van der Waals surface area contributed by atoms with Crippen molar-refractivity contribution in [1.29, 1.82) is 0 Å². The third kappa shape index (κ3) is 11.6. The molecular formula is C9H21N3. The van der Waals surface area contributed by atoms with Crippen molar-refractivity contribution in [2.24, 2.45) is 15.7 Å². The molecule has 0 aliphatic rings. The van der Waals surface area contributed by atoms with Crippen LogP contribution in [0.25, 0.3) is 0 Å². The van der Waals surface area contributed by atoms with Crippen molar-refractivity contribution in [1.82, 2.24) is 0 Å². The normalized spacial score (nSPS) is 9.08. The van der Waals surface area contributed by atoms with Crippen LogP contribution in [0.3, 0.4) is 0 Å².